The molecule has 32 heavy (non-hydrogen) atoms. The Morgan fingerprint density at radius 3 is 2.44 bits per heavy atom. The number of nitrogens with zero attached hydrogens (tertiary/aromatic N) is 4. The molecular formula is C23H18F3N5O. The highest BCUT2D eigenvalue weighted by atomic mass is 19.4. The number of alkyl halides is 3. The first-order valence-corrected chi connectivity index (χ1v) is 9.70. The standard InChI is InChI=1S/C23H18F3N5O/c1-13(2)31-11-17(19-21(28)29-12-30-22(19)31)14-6-8-16(9-7-14)32-20-15(10-27)4-3-5-18(20)23(24,25)26/h3-9,11-13H,1-2H3,(H2,28,29,30). The third kappa shape index (κ3) is 3.71. The van der Waals surface area contributed by atoms with E-state index in [4.69, 9.17) is 10.5 Å². The Hall–Kier alpha value is -4.06. The van der Waals surface area contributed by atoms with Crippen LogP contribution in [0.25, 0.3) is 22.2 Å². The van der Waals surface area contributed by atoms with Crippen molar-refractivity contribution in [2.45, 2.75) is 26.1 Å². The van der Waals surface area contributed by atoms with Gasteiger partial charge in [-0.15, -0.1) is 0 Å². The molecule has 2 heterocycles. The van der Waals surface area contributed by atoms with Gasteiger partial charge in [0, 0.05) is 17.8 Å². The van der Waals surface area contributed by atoms with Gasteiger partial charge in [-0.2, -0.15) is 18.4 Å². The van der Waals surface area contributed by atoms with Crippen molar-refractivity contribution in [2.24, 2.45) is 0 Å². The van der Waals surface area contributed by atoms with Crippen molar-refractivity contribution >= 4 is 16.9 Å². The zero-order valence-electron chi connectivity index (χ0n) is 17.2. The van der Waals surface area contributed by atoms with Crippen LogP contribution in [0.1, 0.15) is 31.0 Å². The summed E-state index contributed by atoms with van der Waals surface area (Å²) in [7, 11) is 0. The van der Waals surface area contributed by atoms with Crippen LogP contribution in [0.3, 0.4) is 0 Å². The molecule has 0 saturated carbocycles. The fraction of sp³-hybridized carbons (Fsp3) is 0.174. The SMILES string of the molecule is CC(C)n1cc(-c2ccc(Oc3c(C#N)cccc3C(F)(F)F)cc2)c2c(N)ncnc21. The van der Waals surface area contributed by atoms with Crippen molar-refractivity contribution in [3.63, 3.8) is 0 Å². The minimum atomic E-state index is -4.65. The predicted octanol–water partition coefficient (Wildman–Crippen LogP) is 5.94. The Balaban J connectivity index is 1.75. The second-order valence-corrected chi connectivity index (χ2v) is 7.42. The molecule has 4 aromatic rings. The molecule has 2 aromatic heterocycles. The minimum Gasteiger partial charge on any atom is -0.455 e. The van der Waals surface area contributed by atoms with Gasteiger partial charge in [0.05, 0.1) is 16.5 Å². The van der Waals surface area contributed by atoms with Crippen molar-refractivity contribution in [2.75, 3.05) is 5.73 Å². The molecule has 2 N–H and O–H groups in total. The third-order valence-corrected chi connectivity index (χ3v) is 5.02. The molecule has 0 spiro atoms. The van der Waals surface area contributed by atoms with E-state index in [1.807, 2.05) is 24.6 Å². The van der Waals surface area contributed by atoms with Gasteiger partial charge >= 0.3 is 6.18 Å². The van der Waals surface area contributed by atoms with Crippen LogP contribution in [0, 0.1) is 11.3 Å². The molecule has 162 valence electrons. The van der Waals surface area contributed by atoms with Crippen LogP contribution < -0.4 is 10.5 Å². The molecule has 0 bridgehead atoms. The van der Waals surface area contributed by atoms with Crippen LogP contribution in [0.15, 0.2) is 55.0 Å². The van der Waals surface area contributed by atoms with Crippen molar-refractivity contribution in [1.29, 1.82) is 5.26 Å². The molecular weight excluding hydrogens is 419 g/mol. The molecule has 4 rings (SSSR count). The highest BCUT2D eigenvalue weighted by Crippen LogP contribution is 2.41. The van der Waals surface area contributed by atoms with E-state index in [2.05, 4.69) is 9.97 Å². The van der Waals surface area contributed by atoms with Crippen LogP contribution in [0.4, 0.5) is 19.0 Å². The summed E-state index contributed by atoms with van der Waals surface area (Å²) in [6.45, 7) is 4.03. The van der Waals surface area contributed by atoms with E-state index >= 15 is 0 Å². The number of para-hydroxylation sites is 1. The number of halogens is 3. The number of rotatable bonds is 4. The first kappa shape index (κ1) is 21.2. The lowest BCUT2D eigenvalue weighted by Gasteiger charge is -2.15. The van der Waals surface area contributed by atoms with Gasteiger partial charge in [0.15, 0.2) is 5.75 Å². The Kier molecular flexibility index (Phi) is 5.22. The topological polar surface area (TPSA) is 89.8 Å². The Morgan fingerprint density at radius 1 is 1.09 bits per heavy atom. The van der Waals surface area contributed by atoms with Gasteiger partial charge in [0.25, 0.3) is 0 Å². The lowest BCUT2D eigenvalue weighted by molar-refractivity contribution is -0.138. The van der Waals surface area contributed by atoms with Crippen molar-refractivity contribution in [3.8, 4) is 28.7 Å². The van der Waals surface area contributed by atoms with Gasteiger partial charge in [-0.1, -0.05) is 18.2 Å². The normalized spacial score (nSPS) is 11.7. The average Bonchev–Trinajstić information content (AvgIpc) is 3.15. The molecule has 0 unspecified atom stereocenters. The number of hydrogen-bond acceptors (Lipinski definition) is 5. The third-order valence-electron chi connectivity index (χ3n) is 5.02. The average molecular weight is 437 g/mol. The summed E-state index contributed by atoms with van der Waals surface area (Å²) in [6.07, 6.45) is -1.33. The van der Waals surface area contributed by atoms with Crippen molar-refractivity contribution < 1.29 is 17.9 Å². The van der Waals surface area contributed by atoms with E-state index in [0.717, 1.165) is 17.2 Å². The zero-order chi connectivity index (χ0) is 23.0. The second-order valence-electron chi connectivity index (χ2n) is 7.42. The van der Waals surface area contributed by atoms with E-state index in [-0.39, 0.29) is 17.4 Å². The summed E-state index contributed by atoms with van der Waals surface area (Å²) < 4.78 is 47.7. The minimum absolute atomic E-state index is 0.131. The van der Waals surface area contributed by atoms with Crippen LogP contribution in [0.2, 0.25) is 0 Å². The molecule has 9 heteroatoms. The van der Waals surface area contributed by atoms with Gasteiger partial charge in [0.1, 0.15) is 29.6 Å². The van der Waals surface area contributed by atoms with Gasteiger partial charge in [-0.25, -0.2) is 9.97 Å². The highest BCUT2D eigenvalue weighted by Gasteiger charge is 2.35. The van der Waals surface area contributed by atoms with Gasteiger partial charge in [0.2, 0.25) is 0 Å². The number of aromatic nitrogens is 3. The molecule has 0 amide bonds. The van der Waals surface area contributed by atoms with E-state index in [0.29, 0.717) is 16.9 Å². The summed E-state index contributed by atoms with van der Waals surface area (Å²) in [5.41, 5.74) is 7.16. The van der Waals surface area contributed by atoms with Crippen LogP contribution in [-0.2, 0) is 6.18 Å². The smallest absolute Gasteiger partial charge is 0.420 e. The van der Waals surface area contributed by atoms with E-state index < -0.39 is 17.5 Å². The predicted molar refractivity (Wildman–Crippen MR) is 114 cm³/mol. The summed E-state index contributed by atoms with van der Waals surface area (Å²) in [5, 5.41) is 9.93. The molecule has 6 nitrogen and oxygen atoms in total. The highest BCUT2D eigenvalue weighted by molar-refractivity contribution is 6.00. The monoisotopic (exact) mass is 437 g/mol. The van der Waals surface area contributed by atoms with Gasteiger partial charge < -0.3 is 15.0 Å². The summed E-state index contributed by atoms with van der Waals surface area (Å²) in [5.74, 6) is -0.0226. The van der Waals surface area contributed by atoms with E-state index in [1.165, 1.54) is 18.5 Å². The molecule has 0 aliphatic rings. The molecule has 0 aliphatic carbocycles. The first-order chi connectivity index (χ1) is 15.2. The lowest BCUT2D eigenvalue weighted by Crippen LogP contribution is -2.08. The van der Waals surface area contributed by atoms with Crippen LogP contribution in [-0.4, -0.2) is 14.5 Å². The van der Waals surface area contributed by atoms with E-state index in [1.54, 1.807) is 30.3 Å². The fourth-order valence-corrected chi connectivity index (χ4v) is 3.50. The number of nitrogen functional groups attached to an aromatic ring is 1. The van der Waals surface area contributed by atoms with Crippen LogP contribution >= 0.6 is 0 Å². The number of benzene rings is 2. The second kappa shape index (κ2) is 7.89. The molecule has 0 saturated heterocycles. The van der Waals surface area contributed by atoms with Crippen molar-refractivity contribution in [3.05, 3.63) is 66.1 Å². The summed E-state index contributed by atoms with van der Waals surface area (Å²) >= 11 is 0. The molecule has 0 radical (unpaired) electrons. The fourth-order valence-electron chi connectivity index (χ4n) is 3.50. The first-order valence-electron chi connectivity index (χ1n) is 9.70. The molecule has 0 aliphatic heterocycles. The number of hydrogen-bond donors (Lipinski definition) is 1. The quantitative estimate of drug-likeness (QED) is 0.426. The van der Waals surface area contributed by atoms with Gasteiger partial charge in [-0.3, -0.25) is 0 Å². The van der Waals surface area contributed by atoms with Crippen molar-refractivity contribution in [1.82, 2.24) is 14.5 Å². The zero-order valence-corrected chi connectivity index (χ0v) is 17.2. The maximum absolute atomic E-state index is 13.4. The molecule has 2 aromatic carbocycles. The Labute approximate surface area is 181 Å². The summed E-state index contributed by atoms with van der Waals surface area (Å²) in [4.78, 5) is 8.43. The number of anilines is 1. The number of nitrogens with two attached hydrogens (primary N) is 1. The summed E-state index contributed by atoms with van der Waals surface area (Å²) in [6, 6.07) is 11.7. The maximum atomic E-state index is 13.4. The largest absolute Gasteiger partial charge is 0.455 e. The number of ether oxygens (including phenoxy) is 1. The lowest BCUT2D eigenvalue weighted by atomic mass is 10.1. The maximum Gasteiger partial charge on any atom is 0.420 e. The van der Waals surface area contributed by atoms with Crippen LogP contribution in [0.5, 0.6) is 11.5 Å². The Bertz CT molecular complexity index is 1330. The van der Waals surface area contributed by atoms with E-state index in [9.17, 15) is 18.4 Å². The number of nitriles is 1. The number of fused-ring (bicyclic) bond motifs is 1. The Morgan fingerprint density at radius 2 is 1.81 bits per heavy atom. The van der Waals surface area contributed by atoms with Gasteiger partial charge in [-0.05, 0) is 43.7 Å². The molecule has 0 atom stereocenters. The molecule has 0 fully saturated rings.